The van der Waals surface area contributed by atoms with Gasteiger partial charge >= 0.3 is 0 Å². The predicted octanol–water partition coefficient (Wildman–Crippen LogP) is 2.94. The number of benzene rings is 2. The highest BCUT2D eigenvalue weighted by Crippen LogP contribution is 2.25. The maximum absolute atomic E-state index is 12.1. The lowest BCUT2D eigenvalue weighted by Crippen LogP contribution is -2.26. The van der Waals surface area contributed by atoms with Crippen LogP contribution in [-0.4, -0.2) is 22.8 Å². The molecule has 1 heterocycles. The maximum atomic E-state index is 12.1. The number of Topliss-reactive ketones (excluding diaryl/α,β-unsaturated/α-hetero) is 1. The first-order chi connectivity index (χ1) is 11.5. The normalized spacial score (nSPS) is 16.2. The van der Waals surface area contributed by atoms with Crippen molar-refractivity contribution in [3.05, 3.63) is 65.9 Å². The number of rotatable bonds is 4. The first kappa shape index (κ1) is 15.8. The van der Waals surface area contributed by atoms with Gasteiger partial charge in [-0.15, -0.1) is 0 Å². The number of ketones is 1. The van der Waals surface area contributed by atoms with Gasteiger partial charge in [0.25, 0.3) is 5.91 Å². The van der Waals surface area contributed by atoms with Gasteiger partial charge in [0.05, 0.1) is 6.04 Å². The number of amides is 1. The Morgan fingerprint density at radius 2 is 1.75 bits per heavy atom. The molecule has 2 aromatic rings. The van der Waals surface area contributed by atoms with Crippen LogP contribution in [0.3, 0.4) is 0 Å². The SMILES string of the molecule is CC(=O)C1CC(c2ccc(NC(=O)c3ccc(O)cc3)cc2)=CN1. The fraction of sp³-hybridized carbons (Fsp3) is 0.158. The number of anilines is 1. The molecule has 0 spiro atoms. The van der Waals surface area contributed by atoms with Crippen LogP contribution < -0.4 is 10.6 Å². The Morgan fingerprint density at radius 3 is 2.33 bits per heavy atom. The van der Waals surface area contributed by atoms with Crippen molar-refractivity contribution in [2.75, 3.05) is 5.32 Å². The molecule has 0 aliphatic carbocycles. The summed E-state index contributed by atoms with van der Waals surface area (Å²) in [5.41, 5.74) is 3.26. The average molecular weight is 322 g/mol. The van der Waals surface area contributed by atoms with E-state index in [1.54, 1.807) is 19.1 Å². The lowest BCUT2D eigenvalue weighted by molar-refractivity contribution is -0.118. The third-order valence-corrected chi connectivity index (χ3v) is 4.02. The van der Waals surface area contributed by atoms with Crippen molar-refractivity contribution in [1.29, 1.82) is 0 Å². The Balaban J connectivity index is 1.66. The van der Waals surface area contributed by atoms with Crippen LogP contribution in [0.2, 0.25) is 0 Å². The molecular formula is C19H18N2O3. The molecule has 0 saturated heterocycles. The highest BCUT2D eigenvalue weighted by molar-refractivity contribution is 6.04. The van der Waals surface area contributed by atoms with E-state index >= 15 is 0 Å². The zero-order chi connectivity index (χ0) is 17.1. The molecule has 1 aliphatic rings. The quantitative estimate of drug-likeness (QED) is 0.809. The Labute approximate surface area is 140 Å². The van der Waals surface area contributed by atoms with Gasteiger partial charge in [0, 0.05) is 23.9 Å². The van der Waals surface area contributed by atoms with Crippen LogP contribution in [0.25, 0.3) is 5.57 Å². The summed E-state index contributed by atoms with van der Waals surface area (Å²) in [7, 11) is 0. The fourth-order valence-electron chi connectivity index (χ4n) is 2.58. The number of nitrogens with one attached hydrogen (secondary N) is 2. The third kappa shape index (κ3) is 3.46. The zero-order valence-electron chi connectivity index (χ0n) is 13.2. The third-order valence-electron chi connectivity index (χ3n) is 4.02. The number of carbonyl (C=O) groups is 2. The zero-order valence-corrected chi connectivity index (χ0v) is 13.2. The fourth-order valence-corrected chi connectivity index (χ4v) is 2.58. The summed E-state index contributed by atoms with van der Waals surface area (Å²) in [5, 5.41) is 15.1. The topological polar surface area (TPSA) is 78.4 Å². The number of phenolic OH excluding ortho intramolecular Hbond substituents is 1. The van der Waals surface area contributed by atoms with Crippen molar-refractivity contribution in [2.24, 2.45) is 0 Å². The molecule has 0 saturated carbocycles. The number of phenols is 1. The predicted molar refractivity (Wildman–Crippen MR) is 92.7 cm³/mol. The number of hydrogen-bond acceptors (Lipinski definition) is 4. The van der Waals surface area contributed by atoms with Crippen molar-refractivity contribution >= 4 is 23.0 Å². The molecule has 0 radical (unpaired) electrons. The van der Waals surface area contributed by atoms with Crippen molar-refractivity contribution in [2.45, 2.75) is 19.4 Å². The van der Waals surface area contributed by atoms with E-state index in [1.165, 1.54) is 12.1 Å². The smallest absolute Gasteiger partial charge is 0.255 e. The number of carbonyl (C=O) groups excluding carboxylic acids is 2. The second-order valence-electron chi connectivity index (χ2n) is 5.78. The molecule has 5 heteroatoms. The minimum atomic E-state index is -0.235. The van der Waals surface area contributed by atoms with Gasteiger partial charge in [-0.05, 0) is 54.5 Å². The van der Waals surface area contributed by atoms with Crippen LogP contribution in [-0.2, 0) is 4.79 Å². The van der Waals surface area contributed by atoms with E-state index in [1.807, 2.05) is 30.5 Å². The molecule has 3 rings (SSSR count). The largest absolute Gasteiger partial charge is 0.508 e. The van der Waals surface area contributed by atoms with Crippen molar-refractivity contribution in [1.82, 2.24) is 5.32 Å². The Hall–Kier alpha value is -3.08. The van der Waals surface area contributed by atoms with Gasteiger partial charge in [0.15, 0.2) is 5.78 Å². The van der Waals surface area contributed by atoms with E-state index < -0.39 is 0 Å². The van der Waals surface area contributed by atoms with E-state index in [-0.39, 0.29) is 23.5 Å². The minimum Gasteiger partial charge on any atom is -0.508 e. The lowest BCUT2D eigenvalue weighted by Gasteiger charge is -2.08. The van der Waals surface area contributed by atoms with E-state index in [0.29, 0.717) is 17.7 Å². The van der Waals surface area contributed by atoms with E-state index in [9.17, 15) is 14.7 Å². The van der Waals surface area contributed by atoms with E-state index in [4.69, 9.17) is 0 Å². The van der Waals surface area contributed by atoms with Crippen LogP contribution in [0.4, 0.5) is 5.69 Å². The summed E-state index contributed by atoms with van der Waals surface area (Å²) in [5.74, 6) is 0.0124. The molecule has 3 N–H and O–H groups in total. The summed E-state index contributed by atoms with van der Waals surface area (Å²) >= 11 is 0. The van der Waals surface area contributed by atoms with Gasteiger partial charge < -0.3 is 15.7 Å². The van der Waals surface area contributed by atoms with Crippen molar-refractivity contribution in [3.63, 3.8) is 0 Å². The van der Waals surface area contributed by atoms with Gasteiger partial charge in [0.2, 0.25) is 0 Å². The molecule has 0 fully saturated rings. The summed E-state index contributed by atoms with van der Waals surface area (Å²) in [6.07, 6.45) is 2.55. The van der Waals surface area contributed by atoms with Crippen LogP contribution in [0.5, 0.6) is 5.75 Å². The lowest BCUT2D eigenvalue weighted by atomic mass is 10.0. The molecule has 5 nitrogen and oxygen atoms in total. The number of hydrogen-bond donors (Lipinski definition) is 3. The first-order valence-electron chi connectivity index (χ1n) is 7.69. The summed E-state index contributed by atoms with van der Waals surface area (Å²) in [6, 6.07) is 13.4. The molecule has 122 valence electrons. The Bertz CT molecular complexity index is 792. The van der Waals surface area contributed by atoms with Crippen LogP contribution in [0, 0.1) is 0 Å². The highest BCUT2D eigenvalue weighted by Gasteiger charge is 2.21. The van der Waals surface area contributed by atoms with E-state index in [2.05, 4.69) is 10.6 Å². The minimum absolute atomic E-state index is 0.123. The molecular weight excluding hydrogens is 304 g/mol. The van der Waals surface area contributed by atoms with Crippen LogP contribution in [0.15, 0.2) is 54.7 Å². The summed E-state index contributed by atoms with van der Waals surface area (Å²) < 4.78 is 0. The number of aromatic hydroxyl groups is 1. The summed E-state index contributed by atoms with van der Waals surface area (Å²) in [4.78, 5) is 23.5. The average Bonchev–Trinajstić information content (AvgIpc) is 3.06. The standard InChI is InChI=1S/C19H18N2O3/c1-12(22)18-10-15(11-20-18)13-2-6-16(7-3-13)21-19(24)14-4-8-17(23)9-5-14/h2-9,11,18,20,23H,10H2,1H3,(H,21,24). The van der Waals surface area contributed by atoms with Gasteiger partial charge in [-0.3, -0.25) is 9.59 Å². The highest BCUT2D eigenvalue weighted by atomic mass is 16.3. The second-order valence-corrected chi connectivity index (χ2v) is 5.78. The molecule has 0 bridgehead atoms. The van der Waals surface area contributed by atoms with Gasteiger partial charge in [-0.2, -0.15) is 0 Å². The molecule has 1 atom stereocenters. The van der Waals surface area contributed by atoms with E-state index in [0.717, 1.165) is 11.1 Å². The molecule has 2 aromatic carbocycles. The Kier molecular flexibility index (Phi) is 4.33. The molecule has 1 unspecified atom stereocenters. The van der Waals surface area contributed by atoms with Crippen LogP contribution in [0.1, 0.15) is 29.3 Å². The summed E-state index contributed by atoms with van der Waals surface area (Å²) in [6.45, 7) is 1.58. The maximum Gasteiger partial charge on any atom is 0.255 e. The molecule has 1 aliphatic heterocycles. The molecule has 0 aromatic heterocycles. The monoisotopic (exact) mass is 322 g/mol. The second kappa shape index (κ2) is 6.58. The first-order valence-corrected chi connectivity index (χ1v) is 7.69. The Morgan fingerprint density at radius 1 is 1.08 bits per heavy atom. The molecule has 1 amide bonds. The molecule has 24 heavy (non-hydrogen) atoms. The van der Waals surface area contributed by atoms with Gasteiger partial charge in [0.1, 0.15) is 5.75 Å². The van der Waals surface area contributed by atoms with Gasteiger partial charge in [-0.25, -0.2) is 0 Å². The van der Waals surface area contributed by atoms with Crippen molar-refractivity contribution < 1.29 is 14.7 Å². The van der Waals surface area contributed by atoms with Crippen molar-refractivity contribution in [3.8, 4) is 5.75 Å². The van der Waals surface area contributed by atoms with Gasteiger partial charge in [-0.1, -0.05) is 12.1 Å². The van der Waals surface area contributed by atoms with Crippen LogP contribution >= 0.6 is 0 Å².